The van der Waals surface area contributed by atoms with Crippen LogP contribution in [0.3, 0.4) is 0 Å². The minimum atomic E-state index is -0.548. The summed E-state index contributed by atoms with van der Waals surface area (Å²) >= 11 is 0. The van der Waals surface area contributed by atoms with Gasteiger partial charge in [-0.05, 0) is 71.6 Å². The minimum absolute atomic E-state index is 0.250. The van der Waals surface area contributed by atoms with E-state index in [2.05, 4.69) is 17.1 Å². The van der Waals surface area contributed by atoms with Crippen molar-refractivity contribution >= 4 is 5.91 Å². The van der Waals surface area contributed by atoms with Gasteiger partial charge >= 0.3 is 0 Å². The van der Waals surface area contributed by atoms with Gasteiger partial charge in [0.1, 0.15) is 0 Å². The molecule has 4 nitrogen and oxygen atoms in total. The van der Waals surface area contributed by atoms with E-state index < -0.39 is 5.54 Å². The fourth-order valence-corrected chi connectivity index (χ4v) is 3.09. The summed E-state index contributed by atoms with van der Waals surface area (Å²) in [7, 11) is 1.81. The summed E-state index contributed by atoms with van der Waals surface area (Å²) in [5.74, 6) is 0.707. The van der Waals surface area contributed by atoms with Gasteiger partial charge in [0, 0.05) is 0 Å². The van der Waals surface area contributed by atoms with Crippen LogP contribution in [0, 0.1) is 5.92 Å². The number of likely N-dealkylation sites (tertiary alicyclic amines) is 1. The van der Waals surface area contributed by atoms with E-state index in [1.807, 2.05) is 14.0 Å². The number of likely N-dealkylation sites (N-methyl/N-ethyl adjacent to an activating group) is 1. The van der Waals surface area contributed by atoms with E-state index >= 15 is 0 Å². The molecule has 1 aliphatic rings. The van der Waals surface area contributed by atoms with Crippen molar-refractivity contribution in [2.45, 2.75) is 64.3 Å². The van der Waals surface area contributed by atoms with Gasteiger partial charge in [0.15, 0.2) is 0 Å². The highest BCUT2D eigenvalue weighted by Gasteiger charge is 2.28. The van der Waals surface area contributed by atoms with Gasteiger partial charge < -0.3 is 16.0 Å². The van der Waals surface area contributed by atoms with Crippen molar-refractivity contribution in [3.8, 4) is 0 Å². The largest absolute Gasteiger partial charge is 0.368 e. The van der Waals surface area contributed by atoms with Crippen LogP contribution in [0.2, 0.25) is 0 Å². The third-order valence-electron chi connectivity index (χ3n) is 4.90. The van der Waals surface area contributed by atoms with Gasteiger partial charge in [-0.15, -0.1) is 0 Å². The highest BCUT2D eigenvalue weighted by Crippen LogP contribution is 2.22. The lowest BCUT2D eigenvalue weighted by Gasteiger charge is -2.32. The lowest BCUT2D eigenvalue weighted by Crippen LogP contribution is -2.51. The molecule has 1 saturated heterocycles. The molecule has 0 spiro atoms. The molecule has 0 aliphatic carbocycles. The van der Waals surface area contributed by atoms with Crippen molar-refractivity contribution in [3.63, 3.8) is 0 Å². The van der Waals surface area contributed by atoms with Gasteiger partial charge in [0.05, 0.1) is 5.54 Å². The number of hydrogen-bond acceptors (Lipinski definition) is 3. The zero-order valence-corrected chi connectivity index (χ0v) is 13.6. The molecule has 4 heteroatoms. The van der Waals surface area contributed by atoms with Crippen LogP contribution in [-0.4, -0.2) is 43.0 Å². The maximum Gasteiger partial charge on any atom is 0.237 e. The predicted octanol–water partition coefficient (Wildman–Crippen LogP) is 2.13. The molecule has 0 aromatic carbocycles. The highest BCUT2D eigenvalue weighted by atomic mass is 16.1. The van der Waals surface area contributed by atoms with Crippen molar-refractivity contribution in [2.75, 3.05) is 26.7 Å². The molecule has 1 amide bonds. The number of piperidine rings is 1. The molecular formula is C16H33N3O. The van der Waals surface area contributed by atoms with Crippen molar-refractivity contribution in [2.24, 2.45) is 11.7 Å². The molecular weight excluding hydrogens is 250 g/mol. The summed E-state index contributed by atoms with van der Waals surface area (Å²) < 4.78 is 0. The van der Waals surface area contributed by atoms with E-state index in [1.165, 1.54) is 38.8 Å². The lowest BCUT2D eigenvalue weighted by molar-refractivity contribution is -0.123. The Hall–Kier alpha value is -0.610. The van der Waals surface area contributed by atoms with Crippen LogP contribution in [0.15, 0.2) is 0 Å². The number of hydrogen-bond donors (Lipinski definition) is 2. The van der Waals surface area contributed by atoms with Gasteiger partial charge in [0.2, 0.25) is 5.91 Å². The second-order valence-corrected chi connectivity index (χ2v) is 6.48. The molecule has 0 bridgehead atoms. The number of carbonyl (C=O) groups is 1. The average Bonchev–Trinajstić information content (AvgIpc) is 2.45. The maximum absolute atomic E-state index is 11.4. The van der Waals surface area contributed by atoms with Crippen LogP contribution in [0.1, 0.15) is 58.8 Å². The molecule has 1 aliphatic heterocycles. The van der Waals surface area contributed by atoms with E-state index in [1.54, 1.807) is 0 Å². The molecule has 1 unspecified atom stereocenters. The Morgan fingerprint density at radius 3 is 2.50 bits per heavy atom. The van der Waals surface area contributed by atoms with Gasteiger partial charge in [0.25, 0.3) is 0 Å². The Morgan fingerprint density at radius 1 is 1.35 bits per heavy atom. The van der Waals surface area contributed by atoms with Crippen LogP contribution >= 0.6 is 0 Å². The molecule has 1 fully saturated rings. The molecule has 20 heavy (non-hydrogen) atoms. The first-order valence-corrected chi connectivity index (χ1v) is 8.23. The first-order chi connectivity index (χ1) is 9.51. The molecule has 3 N–H and O–H groups in total. The molecule has 0 radical (unpaired) electrons. The second kappa shape index (κ2) is 8.63. The zero-order chi connectivity index (χ0) is 15.0. The topological polar surface area (TPSA) is 58.4 Å². The van der Waals surface area contributed by atoms with Crippen molar-refractivity contribution in [1.82, 2.24) is 10.2 Å². The summed E-state index contributed by atoms with van der Waals surface area (Å²) in [4.78, 5) is 14.0. The number of nitrogens with two attached hydrogens (primary N) is 1. The maximum atomic E-state index is 11.4. The fourth-order valence-electron chi connectivity index (χ4n) is 3.09. The zero-order valence-electron chi connectivity index (χ0n) is 13.6. The number of primary amides is 1. The number of amides is 1. The number of rotatable bonds is 9. The monoisotopic (exact) mass is 283 g/mol. The summed E-state index contributed by atoms with van der Waals surface area (Å²) in [6.07, 6.45) is 8.48. The van der Waals surface area contributed by atoms with E-state index in [4.69, 9.17) is 5.73 Å². The number of nitrogens with zero attached hydrogens (tertiary/aromatic N) is 1. The van der Waals surface area contributed by atoms with Gasteiger partial charge in [-0.2, -0.15) is 0 Å². The molecule has 1 rings (SSSR count). The van der Waals surface area contributed by atoms with Gasteiger partial charge in [-0.25, -0.2) is 0 Å². The highest BCUT2D eigenvalue weighted by molar-refractivity contribution is 5.84. The van der Waals surface area contributed by atoms with Crippen LogP contribution in [0.4, 0.5) is 0 Å². The first kappa shape index (κ1) is 17.4. The predicted molar refractivity (Wildman–Crippen MR) is 84.6 cm³/mol. The van der Waals surface area contributed by atoms with Crippen LogP contribution in [0.5, 0.6) is 0 Å². The standard InChI is InChI=1S/C16H33N3O/c1-4-7-14-8-12-19(13-9-14)11-6-5-10-16(2,18-3)15(17)20/h14,18H,4-13H2,1-3H3,(H2,17,20). The average molecular weight is 283 g/mol. The number of carbonyl (C=O) groups excluding carboxylic acids is 1. The van der Waals surface area contributed by atoms with Crippen LogP contribution in [0.25, 0.3) is 0 Å². The van der Waals surface area contributed by atoms with E-state index in [0.29, 0.717) is 0 Å². The smallest absolute Gasteiger partial charge is 0.237 e. The normalized spacial score (nSPS) is 20.8. The van der Waals surface area contributed by atoms with Gasteiger partial charge in [-0.1, -0.05) is 19.8 Å². The van der Waals surface area contributed by atoms with Gasteiger partial charge in [-0.3, -0.25) is 4.79 Å². The summed E-state index contributed by atoms with van der Waals surface area (Å²) in [5.41, 5.74) is 4.89. The Balaban J connectivity index is 2.15. The molecule has 0 aromatic rings. The van der Waals surface area contributed by atoms with Crippen molar-refractivity contribution < 1.29 is 4.79 Å². The molecule has 1 heterocycles. The summed E-state index contributed by atoms with van der Waals surface area (Å²) in [6.45, 7) is 7.85. The summed E-state index contributed by atoms with van der Waals surface area (Å²) in [5, 5.41) is 3.05. The second-order valence-electron chi connectivity index (χ2n) is 6.48. The van der Waals surface area contributed by atoms with Crippen LogP contribution < -0.4 is 11.1 Å². The Labute approximate surface area is 124 Å². The Kier molecular flexibility index (Phi) is 7.52. The lowest BCUT2D eigenvalue weighted by atomic mass is 9.92. The third kappa shape index (κ3) is 5.41. The number of unbranched alkanes of at least 4 members (excludes halogenated alkanes) is 1. The SMILES string of the molecule is CCCC1CCN(CCCCC(C)(NC)C(N)=O)CC1. The third-order valence-corrected chi connectivity index (χ3v) is 4.90. The Morgan fingerprint density at radius 2 is 2.00 bits per heavy atom. The molecule has 1 atom stereocenters. The van der Waals surface area contributed by atoms with Crippen molar-refractivity contribution in [1.29, 1.82) is 0 Å². The number of nitrogens with one attached hydrogen (secondary N) is 1. The Bertz CT molecular complexity index is 287. The summed E-state index contributed by atoms with van der Waals surface area (Å²) in [6, 6.07) is 0. The van der Waals surface area contributed by atoms with Crippen molar-refractivity contribution in [3.05, 3.63) is 0 Å². The molecule has 0 aromatic heterocycles. The van der Waals surface area contributed by atoms with E-state index in [0.717, 1.165) is 31.7 Å². The molecule has 0 saturated carbocycles. The van der Waals surface area contributed by atoms with E-state index in [-0.39, 0.29) is 5.91 Å². The quantitative estimate of drug-likeness (QED) is 0.637. The van der Waals surface area contributed by atoms with Crippen LogP contribution in [-0.2, 0) is 4.79 Å². The first-order valence-electron chi connectivity index (χ1n) is 8.23. The van der Waals surface area contributed by atoms with E-state index in [9.17, 15) is 4.79 Å². The molecule has 118 valence electrons. The fraction of sp³-hybridized carbons (Fsp3) is 0.938. The minimum Gasteiger partial charge on any atom is -0.368 e.